The van der Waals surface area contributed by atoms with Crippen LogP contribution < -0.4 is 11.3 Å². The molecule has 0 spiro atoms. The Morgan fingerprint density at radius 3 is 2.71 bits per heavy atom. The third-order valence-electron chi connectivity index (χ3n) is 5.12. The van der Waals surface area contributed by atoms with Gasteiger partial charge < -0.3 is 4.74 Å². The fourth-order valence-corrected chi connectivity index (χ4v) is 4.04. The molecule has 1 aliphatic heterocycles. The van der Waals surface area contributed by atoms with Gasteiger partial charge in [0.1, 0.15) is 0 Å². The van der Waals surface area contributed by atoms with Gasteiger partial charge in [-0.3, -0.25) is 21.2 Å². The van der Waals surface area contributed by atoms with E-state index in [2.05, 4.69) is 21.4 Å². The van der Waals surface area contributed by atoms with Crippen molar-refractivity contribution >= 4 is 0 Å². The molecule has 0 bridgehead atoms. The van der Waals surface area contributed by atoms with Crippen molar-refractivity contribution in [1.82, 2.24) is 15.3 Å². The lowest BCUT2D eigenvalue weighted by Gasteiger charge is -2.48. The third kappa shape index (κ3) is 3.11. The van der Waals surface area contributed by atoms with E-state index in [-0.39, 0.29) is 11.6 Å². The second-order valence-corrected chi connectivity index (χ2v) is 6.19. The number of nitrogens with zero attached hydrogens (tertiary/aromatic N) is 2. The lowest BCUT2D eigenvalue weighted by atomic mass is 9.82. The highest BCUT2D eigenvalue weighted by atomic mass is 16.5. The van der Waals surface area contributed by atoms with Crippen molar-refractivity contribution in [2.24, 2.45) is 5.84 Å². The Labute approximate surface area is 126 Å². The molecule has 5 heteroatoms. The molecular weight excluding hydrogens is 264 g/mol. The van der Waals surface area contributed by atoms with Crippen LogP contribution in [-0.4, -0.2) is 47.8 Å². The normalized spacial score (nSPS) is 24.0. The number of aromatic nitrogens is 1. The summed E-state index contributed by atoms with van der Waals surface area (Å²) in [5.74, 6) is 5.96. The predicted molar refractivity (Wildman–Crippen MR) is 82.6 cm³/mol. The Morgan fingerprint density at radius 2 is 2.10 bits per heavy atom. The lowest BCUT2D eigenvalue weighted by molar-refractivity contribution is -0.0357. The number of nitrogens with two attached hydrogens (primary N) is 1. The fourth-order valence-electron chi connectivity index (χ4n) is 4.04. The highest BCUT2D eigenvalue weighted by Gasteiger charge is 2.45. The molecule has 0 amide bonds. The van der Waals surface area contributed by atoms with Gasteiger partial charge in [0.15, 0.2) is 0 Å². The van der Waals surface area contributed by atoms with E-state index in [1.165, 1.54) is 31.2 Å². The number of hydrazine groups is 1. The average molecular weight is 290 g/mol. The summed E-state index contributed by atoms with van der Waals surface area (Å²) in [6, 6.07) is 4.40. The van der Waals surface area contributed by atoms with Crippen molar-refractivity contribution in [1.29, 1.82) is 0 Å². The van der Waals surface area contributed by atoms with Crippen LogP contribution in [0.5, 0.6) is 0 Å². The minimum absolute atomic E-state index is 0.175. The molecule has 3 rings (SSSR count). The van der Waals surface area contributed by atoms with Crippen LogP contribution in [0.1, 0.15) is 31.2 Å². The van der Waals surface area contributed by atoms with Crippen molar-refractivity contribution in [3.63, 3.8) is 0 Å². The van der Waals surface area contributed by atoms with E-state index in [9.17, 15) is 0 Å². The van der Waals surface area contributed by atoms with Gasteiger partial charge in [0, 0.05) is 37.1 Å². The minimum atomic E-state index is 0.175. The van der Waals surface area contributed by atoms with Crippen LogP contribution in [0, 0.1) is 0 Å². The molecule has 1 aromatic heterocycles. The van der Waals surface area contributed by atoms with Gasteiger partial charge in [0.2, 0.25) is 0 Å². The summed E-state index contributed by atoms with van der Waals surface area (Å²) in [6.45, 7) is 3.72. The van der Waals surface area contributed by atoms with Crippen LogP contribution in [0.2, 0.25) is 0 Å². The molecule has 1 saturated carbocycles. The molecule has 21 heavy (non-hydrogen) atoms. The molecule has 2 fully saturated rings. The molecule has 3 N–H and O–H groups in total. The zero-order chi connectivity index (χ0) is 14.5. The number of pyridine rings is 1. The molecule has 0 radical (unpaired) electrons. The van der Waals surface area contributed by atoms with Gasteiger partial charge in [-0.2, -0.15) is 0 Å². The summed E-state index contributed by atoms with van der Waals surface area (Å²) in [6.07, 6.45) is 9.74. The maximum atomic E-state index is 5.96. The first kappa shape index (κ1) is 14.9. The van der Waals surface area contributed by atoms with Crippen LogP contribution in [-0.2, 0) is 11.2 Å². The Morgan fingerprint density at radius 1 is 1.33 bits per heavy atom. The summed E-state index contributed by atoms with van der Waals surface area (Å²) < 4.78 is 5.53. The van der Waals surface area contributed by atoms with E-state index in [1.807, 2.05) is 18.5 Å². The Balaban J connectivity index is 1.80. The van der Waals surface area contributed by atoms with Crippen LogP contribution in [0.25, 0.3) is 0 Å². The largest absolute Gasteiger partial charge is 0.379 e. The molecule has 1 saturated heterocycles. The van der Waals surface area contributed by atoms with E-state index >= 15 is 0 Å². The highest BCUT2D eigenvalue weighted by molar-refractivity contribution is 5.14. The average Bonchev–Trinajstić information content (AvgIpc) is 3.05. The Kier molecular flexibility index (Phi) is 4.85. The Hall–Kier alpha value is -1.01. The Bertz CT molecular complexity index is 427. The van der Waals surface area contributed by atoms with Crippen LogP contribution in [0.4, 0.5) is 0 Å². The van der Waals surface area contributed by atoms with Crippen molar-refractivity contribution in [3.05, 3.63) is 30.1 Å². The van der Waals surface area contributed by atoms with Gasteiger partial charge in [-0.1, -0.05) is 18.9 Å². The maximum Gasteiger partial charge on any atom is 0.0594 e. The zero-order valence-corrected chi connectivity index (χ0v) is 12.6. The first-order valence-electron chi connectivity index (χ1n) is 8.03. The van der Waals surface area contributed by atoms with E-state index in [0.29, 0.717) is 0 Å². The number of hydrogen-bond donors (Lipinski definition) is 2. The summed E-state index contributed by atoms with van der Waals surface area (Å²) in [7, 11) is 0. The van der Waals surface area contributed by atoms with E-state index < -0.39 is 0 Å². The molecule has 1 unspecified atom stereocenters. The SMILES string of the molecule is NNC(Cc1cccnc1)C1(N2CCOCC2)CCCC1. The quantitative estimate of drug-likeness (QED) is 0.628. The topological polar surface area (TPSA) is 63.4 Å². The first-order valence-corrected chi connectivity index (χ1v) is 8.03. The van der Waals surface area contributed by atoms with Crippen LogP contribution in [0.15, 0.2) is 24.5 Å². The maximum absolute atomic E-state index is 5.96. The molecule has 116 valence electrons. The smallest absolute Gasteiger partial charge is 0.0594 e. The van der Waals surface area contributed by atoms with Gasteiger partial charge in [-0.15, -0.1) is 0 Å². The summed E-state index contributed by atoms with van der Waals surface area (Å²) in [5, 5.41) is 0. The molecule has 1 aliphatic carbocycles. The zero-order valence-electron chi connectivity index (χ0n) is 12.6. The molecule has 0 aromatic carbocycles. The van der Waals surface area contributed by atoms with E-state index in [1.54, 1.807) is 0 Å². The van der Waals surface area contributed by atoms with Crippen molar-refractivity contribution in [2.45, 2.75) is 43.7 Å². The number of morpholine rings is 1. The first-order chi connectivity index (χ1) is 10.3. The molecular formula is C16H26N4O. The molecule has 2 heterocycles. The summed E-state index contributed by atoms with van der Waals surface area (Å²) >= 11 is 0. The number of ether oxygens (including phenoxy) is 1. The predicted octanol–water partition coefficient (Wildman–Crippen LogP) is 1.10. The summed E-state index contributed by atoms with van der Waals surface area (Å²) in [5.41, 5.74) is 4.55. The van der Waals surface area contributed by atoms with E-state index in [0.717, 1.165) is 32.7 Å². The van der Waals surface area contributed by atoms with Crippen molar-refractivity contribution in [2.75, 3.05) is 26.3 Å². The summed E-state index contributed by atoms with van der Waals surface area (Å²) in [4.78, 5) is 6.85. The number of rotatable bonds is 5. The lowest BCUT2D eigenvalue weighted by Crippen LogP contribution is -2.64. The monoisotopic (exact) mass is 290 g/mol. The van der Waals surface area contributed by atoms with Crippen molar-refractivity contribution in [3.8, 4) is 0 Å². The molecule has 1 aromatic rings. The van der Waals surface area contributed by atoms with E-state index in [4.69, 9.17) is 10.6 Å². The molecule has 1 atom stereocenters. The number of nitrogens with one attached hydrogen (secondary N) is 1. The van der Waals surface area contributed by atoms with Gasteiger partial charge in [0.25, 0.3) is 0 Å². The highest BCUT2D eigenvalue weighted by Crippen LogP contribution is 2.39. The van der Waals surface area contributed by atoms with Gasteiger partial charge in [0.05, 0.1) is 13.2 Å². The van der Waals surface area contributed by atoms with Gasteiger partial charge in [-0.05, 0) is 30.9 Å². The third-order valence-corrected chi connectivity index (χ3v) is 5.12. The van der Waals surface area contributed by atoms with Gasteiger partial charge in [-0.25, -0.2) is 0 Å². The van der Waals surface area contributed by atoms with Crippen LogP contribution >= 0.6 is 0 Å². The number of hydrogen-bond acceptors (Lipinski definition) is 5. The van der Waals surface area contributed by atoms with Gasteiger partial charge >= 0.3 is 0 Å². The van der Waals surface area contributed by atoms with Crippen molar-refractivity contribution < 1.29 is 4.74 Å². The second-order valence-electron chi connectivity index (χ2n) is 6.19. The van der Waals surface area contributed by atoms with Crippen LogP contribution in [0.3, 0.4) is 0 Å². The molecule has 5 nitrogen and oxygen atoms in total. The fraction of sp³-hybridized carbons (Fsp3) is 0.688. The standard InChI is InChI=1S/C16H26N4O/c17-19-15(12-14-4-3-7-18-13-14)16(5-1-2-6-16)20-8-10-21-11-9-20/h3-4,7,13,15,19H,1-2,5-6,8-12,17H2. The molecule has 2 aliphatic rings. The minimum Gasteiger partial charge on any atom is -0.379 e. The second kappa shape index (κ2) is 6.83.